The van der Waals surface area contributed by atoms with Crippen molar-refractivity contribution in [3.05, 3.63) is 35.9 Å². The maximum absolute atomic E-state index is 12.0. The third kappa shape index (κ3) is 1.65. The third-order valence-electron chi connectivity index (χ3n) is 3.54. The average molecular weight is 234 g/mol. The number of epoxide rings is 1. The van der Waals surface area contributed by atoms with Gasteiger partial charge in [-0.25, -0.2) is 4.79 Å². The topological polar surface area (TPSA) is 38.8 Å². The maximum atomic E-state index is 12.0. The summed E-state index contributed by atoms with van der Waals surface area (Å²) < 4.78 is 10.9. The van der Waals surface area contributed by atoms with Crippen LogP contribution >= 0.6 is 0 Å². The Bertz CT molecular complexity index is 415. The Balaban J connectivity index is 2.28. The van der Waals surface area contributed by atoms with Crippen LogP contribution in [0.2, 0.25) is 0 Å². The zero-order valence-electron chi connectivity index (χ0n) is 10.5. The molecule has 2 atom stereocenters. The molecular formula is C14H18O3. The van der Waals surface area contributed by atoms with Crippen molar-refractivity contribution in [3.8, 4) is 0 Å². The summed E-state index contributed by atoms with van der Waals surface area (Å²) in [5.74, 6) is -0.256. The highest BCUT2D eigenvalue weighted by molar-refractivity contribution is 5.85. The molecule has 0 N–H and O–H groups in total. The molecule has 3 heteroatoms. The molecule has 17 heavy (non-hydrogen) atoms. The minimum atomic E-state index is -0.801. The summed E-state index contributed by atoms with van der Waals surface area (Å²) in [4.78, 5) is 12.0. The van der Waals surface area contributed by atoms with Gasteiger partial charge in [0.2, 0.25) is 0 Å². The van der Waals surface area contributed by atoms with E-state index in [1.807, 2.05) is 51.1 Å². The van der Waals surface area contributed by atoms with Gasteiger partial charge in [0.25, 0.3) is 0 Å². The van der Waals surface area contributed by atoms with Crippen LogP contribution in [-0.2, 0) is 19.9 Å². The van der Waals surface area contributed by atoms with E-state index in [1.165, 1.54) is 0 Å². The normalized spacial score (nSPS) is 31.0. The Morgan fingerprint density at radius 2 is 1.94 bits per heavy atom. The van der Waals surface area contributed by atoms with Crippen LogP contribution in [0.5, 0.6) is 0 Å². The van der Waals surface area contributed by atoms with E-state index < -0.39 is 11.2 Å². The van der Waals surface area contributed by atoms with Crippen LogP contribution in [0.1, 0.15) is 32.8 Å². The minimum absolute atomic E-state index is 0.256. The van der Waals surface area contributed by atoms with E-state index in [2.05, 4.69) is 0 Å². The first kappa shape index (κ1) is 12.1. The number of hydrogen-bond acceptors (Lipinski definition) is 3. The molecule has 0 spiro atoms. The molecule has 0 amide bonds. The Labute approximate surface area is 102 Å². The van der Waals surface area contributed by atoms with Gasteiger partial charge in [0.05, 0.1) is 6.61 Å². The molecule has 0 aromatic heterocycles. The minimum Gasteiger partial charge on any atom is -0.464 e. The zero-order chi connectivity index (χ0) is 12.5. The Kier molecular flexibility index (Phi) is 2.96. The maximum Gasteiger partial charge on any atom is 0.341 e. The molecule has 1 heterocycles. The van der Waals surface area contributed by atoms with Crippen molar-refractivity contribution in [2.45, 2.75) is 38.4 Å². The first-order valence-corrected chi connectivity index (χ1v) is 6.03. The molecule has 0 saturated carbocycles. The monoisotopic (exact) mass is 234 g/mol. The highest BCUT2D eigenvalue weighted by Crippen LogP contribution is 2.58. The number of carbonyl (C=O) groups is 1. The largest absolute Gasteiger partial charge is 0.464 e. The molecule has 2 rings (SSSR count). The summed E-state index contributed by atoms with van der Waals surface area (Å²) in [6, 6.07) is 9.82. The standard InChI is InChI=1S/C14H18O3/c1-4-14(12(15)16-5-2)13(3,17-14)11-9-7-6-8-10-11/h6-10H,4-5H2,1-3H3/t13-,14-/m0/s1. The second-order valence-corrected chi connectivity index (χ2v) is 4.40. The predicted octanol–water partition coefficient (Wildman–Crippen LogP) is 2.64. The van der Waals surface area contributed by atoms with Crippen molar-refractivity contribution in [3.63, 3.8) is 0 Å². The van der Waals surface area contributed by atoms with Gasteiger partial charge in [0, 0.05) is 0 Å². The molecule has 1 fully saturated rings. The number of esters is 1. The van der Waals surface area contributed by atoms with E-state index in [1.54, 1.807) is 0 Å². The van der Waals surface area contributed by atoms with Crippen molar-refractivity contribution in [2.75, 3.05) is 6.61 Å². The summed E-state index contributed by atoms with van der Waals surface area (Å²) in [6.07, 6.45) is 0.622. The van der Waals surface area contributed by atoms with Gasteiger partial charge >= 0.3 is 5.97 Å². The fraction of sp³-hybridized carbons (Fsp3) is 0.500. The van der Waals surface area contributed by atoms with E-state index in [-0.39, 0.29) is 5.97 Å². The summed E-state index contributed by atoms with van der Waals surface area (Å²) in [5, 5.41) is 0. The lowest BCUT2D eigenvalue weighted by Crippen LogP contribution is -2.32. The molecule has 92 valence electrons. The number of carbonyl (C=O) groups excluding carboxylic acids is 1. The second kappa shape index (κ2) is 4.15. The van der Waals surface area contributed by atoms with Gasteiger partial charge in [0.1, 0.15) is 5.60 Å². The predicted molar refractivity (Wildman–Crippen MR) is 64.5 cm³/mol. The SMILES string of the molecule is CCOC(=O)[C@]1(CC)O[C@@]1(C)c1ccccc1. The van der Waals surface area contributed by atoms with Crippen molar-refractivity contribution < 1.29 is 14.3 Å². The van der Waals surface area contributed by atoms with Crippen LogP contribution in [-0.4, -0.2) is 18.2 Å². The highest BCUT2D eigenvalue weighted by atomic mass is 16.7. The summed E-state index contributed by atoms with van der Waals surface area (Å²) in [7, 11) is 0. The molecule has 1 aliphatic rings. The van der Waals surface area contributed by atoms with E-state index in [4.69, 9.17) is 9.47 Å². The average Bonchev–Trinajstić information content (AvgIpc) is 3.00. The number of rotatable bonds is 4. The van der Waals surface area contributed by atoms with Gasteiger partial charge < -0.3 is 9.47 Å². The van der Waals surface area contributed by atoms with Crippen molar-refractivity contribution in [1.29, 1.82) is 0 Å². The van der Waals surface area contributed by atoms with E-state index in [0.717, 1.165) is 5.56 Å². The fourth-order valence-electron chi connectivity index (χ4n) is 2.41. The van der Waals surface area contributed by atoms with Gasteiger partial charge in [-0.1, -0.05) is 37.3 Å². The number of ether oxygens (including phenoxy) is 2. The van der Waals surface area contributed by atoms with E-state index in [0.29, 0.717) is 13.0 Å². The van der Waals surface area contributed by atoms with Gasteiger partial charge in [-0.2, -0.15) is 0 Å². The fourth-order valence-corrected chi connectivity index (χ4v) is 2.41. The van der Waals surface area contributed by atoms with Crippen LogP contribution in [0.3, 0.4) is 0 Å². The van der Waals surface area contributed by atoms with Gasteiger partial charge in [0.15, 0.2) is 5.60 Å². The molecule has 1 aromatic carbocycles. The van der Waals surface area contributed by atoms with Gasteiger partial charge in [-0.05, 0) is 25.8 Å². The Hall–Kier alpha value is -1.35. The molecule has 3 nitrogen and oxygen atoms in total. The lowest BCUT2D eigenvalue weighted by Gasteiger charge is -2.14. The van der Waals surface area contributed by atoms with Crippen LogP contribution in [0.15, 0.2) is 30.3 Å². The van der Waals surface area contributed by atoms with E-state index in [9.17, 15) is 4.79 Å². The molecular weight excluding hydrogens is 216 g/mol. The summed E-state index contributed by atoms with van der Waals surface area (Å²) >= 11 is 0. The molecule has 1 aromatic rings. The van der Waals surface area contributed by atoms with Crippen LogP contribution in [0.25, 0.3) is 0 Å². The van der Waals surface area contributed by atoms with Crippen LogP contribution in [0.4, 0.5) is 0 Å². The van der Waals surface area contributed by atoms with E-state index >= 15 is 0 Å². The lowest BCUT2D eigenvalue weighted by atomic mass is 9.86. The molecule has 1 aliphatic heterocycles. The molecule has 0 radical (unpaired) electrons. The first-order chi connectivity index (χ1) is 8.10. The summed E-state index contributed by atoms with van der Waals surface area (Å²) in [6.45, 7) is 6.09. The molecule has 1 saturated heterocycles. The number of benzene rings is 1. The van der Waals surface area contributed by atoms with Gasteiger partial charge in [-0.3, -0.25) is 0 Å². The first-order valence-electron chi connectivity index (χ1n) is 6.03. The zero-order valence-corrected chi connectivity index (χ0v) is 10.5. The highest BCUT2D eigenvalue weighted by Gasteiger charge is 2.72. The van der Waals surface area contributed by atoms with Crippen molar-refractivity contribution in [2.24, 2.45) is 0 Å². The smallest absolute Gasteiger partial charge is 0.341 e. The number of hydrogen-bond donors (Lipinski definition) is 0. The van der Waals surface area contributed by atoms with Crippen molar-refractivity contribution >= 4 is 5.97 Å². The molecule has 0 bridgehead atoms. The Morgan fingerprint density at radius 3 is 2.47 bits per heavy atom. The van der Waals surface area contributed by atoms with Crippen LogP contribution in [0, 0.1) is 0 Å². The molecule has 0 aliphatic carbocycles. The molecule has 0 unspecified atom stereocenters. The Morgan fingerprint density at radius 1 is 1.29 bits per heavy atom. The summed E-state index contributed by atoms with van der Waals surface area (Å²) in [5.41, 5.74) is -0.325. The lowest BCUT2D eigenvalue weighted by molar-refractivity contribution is -0.149. The van der Waals surface area contributed by atoms with Crippen LogP contribution < -0.4 is 0 Å². The second-order valence-electron chi connectivity index (χ2n) is 4.40. The van der Waals surface area contributed by atoms with Gasteiger partial charge in [-0.15, -0.1) is 0 Å². The van der Waals surface area contributed by atoms with Crippen molar-refractivity contribution in [1.82, 2.24) is 0 Å². The third-order valence-corrected chi connectivity index (χ3v) is 3.54. The quantitative estimate of drug-likeness (QED) is 0.594.